The number of pyridine rings is 1. The van der Waals surface area contributed by atoms with Gasteiger partial charge in [-0.1, -0.05) is 112 Å². The van der Waals surface area contributed by atoms with Gasteiger partial charge in [-0.05, 0) is 108 Å². The quantitative estimate of drug-likeness (QED) is 0.188. The molecule has 0 saturated heterocycles. The highest BCUT2D eigenvalue weighted by Gasteiger charge is 2.44. The van der Waals surface area contributed by atoms with Crippen molar-refractivity contribution in [1.82, 2.24) is 9.55 Å². The van der Waals surface area contributed by atoms with Gasteiger partial charge in [-0.25, -0.2) is 4.98 Å². The van der Waals surface area contributed by atoms with Gasteiger partial charge in [0.05, 0.1) is 16.6 Å². The molecular formula is C46H41N3. The molecule has 3 aliphatic carbocycles. The van der Waals surface area contributed by atoms with Crippen molar-refractivity contribution < 1.29 is 0 Å². The molecule has 0 amide bonds. The van der Waals surface area contributed by atoms with Crippen LogP contribution in [0.5, 0.6) is 0 Å². The Balaban J connectivity index is 1.14. The summed E-state index contributed by atoms with van der Waals surface area (Å²) < 4.78 is 2.39. The molecule has 0 spiro atoms. The lowest BCUT2D eigenvalue weighted by atomic mass is 9.75. The highest BCUT2D eigenvalue weighted by molar-refractivity contribution is 6.10. The zero-order chi connectivity index (χ0) is 33.3. The smallest absolute Gasteiger partial charge is 0.133 e. The number of hydrogen-bond acceptors (Lipinski definition) is 2. The molecule has 0 bridgehead atoms. The van der Waals surface area contributed by atoms with Crippen LogP contribution in [0.2, 0.25) is 0 Å². The molecule has 9 rings (SSSR count). The molecule has 3 heteroatoms. The first kappa shape index (κ1) is 29.7. The molecule has 0 radical (unpaired) electrons. The average Bonchev–Trinajstić information content (AvgIpc) is 3.57. The summed E-state index contributed by atoms with van der Waals surface area (Å²) in [6.07, 6.45) is 13.5. The first-order valence-electron chi connectivity index (χ1n) is 17.6. The summed E-state index contributed by atoms with van der Waals surface area (Å²) in [5.74, 6) is 1.33. The summed E-state index contributed by atoms with van der Waals surface area (Å²) in [4.78, 5) is 7.46. The number of allylic oxidation sites excluding steroid dienone is 6. The van der Waals surface area contributed by atoms with Crippen LogP contribution < -0.4 is 4.90 Å². The fourth-order valence-electron chi connectivity index (χ4n) is 8.82. The second kappa shape index (κ2) is 11.1. The van der Waals surface area contributed by atoms with Crippen molar-refractivity contribution in [2.24, 2.45) is 5.92 Å². The molecule has 3 nitrogen and oxygen atoms in total. The van der Waals surface area contributed by atoms with E-state index in [4.69, 9.17) is 4.98 Å². The molecule has 0 N–H and O–H groups in total. The molecule has 2 unspecified atom stereocenters. The van der Waals surface area contributed by atoms with Crippen LogP contribution in [0.4, 0.5) is 5.82 Å². The summed E-state index contributed by atoms with van der Waals surface area (Å²) >= 11 is 0. The van der Waals surface area contributed by atoms with Gasteiger partial charge in [0.25, 0.3) is 0 Å². The van der Waals surface area contributed by atoms with Gasteiger partial charge >= 0.3 is 0 Å². The Hall–Kier alpha value is -5.41. The minimum atomic E-state index is -0.262. The molecule has 240 valence electrons. The normalized spacial score (nSPS) is 21.0. The van der Waals surface area contributed by atoms with Crippen molar-refractivity contribution in [2.75, 3.05) is 4.90 Å². The highest BCUT2D eigenvalue weighted by Crippen LogP contribution is 2.54. The van der Waals surface area contributed by atoms with E-state index in [0.29, 0.717) is 5.92 Å². The second-order valence-electron chi connectivity index (χ2n) is 14.7. The van der Waals surface area contributed by atoms with Crippen molar-refractivity contribution in [1.29, 1.82) is 0 Å². The van der Waals surface area contributed by atoms with E-state index < -0.39 is 0 Å². The topological polar surface area (TPSA) is 21.1 Å². The Bertz CT molecular complexity index is 2390. The maximum Gasteiger partial charge on any atom is 0.133 e. The predicted molar refractivity (Wildman–Crippen MR) is 206 cm³/mol. The van der Waals surface area contributed by atoms with Gasteiger partial charge in [0.15, 0.2) is 0 Å². The predicted octanol–water partition coefficient (Wildman–Crippen LogP) is 11.5. The fraction of sp³-hybridized carbons (Fsp3) is 0.196. The number of nitrogens with zero attached hydrogens (tertiary/aromatic N) is 3. The van der Waals surface area contributed by atoms with Gasteiger partial charge in [-0.15, -0.1) is 0 Å². The molecule has 2 heterocycles. The van der Waals surface area contributed by atoms with Crippen molar-refractivity contribution in [2.45, 2.75) is 51.5 Å². The SMILES string of the molecule is CC1CC(N(c2ccccn2)C2(C)C=C3C(=CC2)c2ccccc2C3(C)C)=CC=C1c1ccc2c(c1)c1ccccc1n2-c1ccccc1. The highest BCUT2D eigenvalue weighted by atomic mass is 15.3. The average molecular weight is 636 g/mol. The first-order valence-corrected chi connectivity index (χ1v) is 17.6. The van der Waals surface area contributed by atoms with E-state index in [0.717, 1.165) is 18.7 Å². The Kier molecular flexibility index (Phi) is 6.71. The monoisotopic (exact) mass is 635 g/mol. The van der Waals surface area contributed by atoms with Crippen LogP contribution in [0.1, 0.15) is 57.2 Å². The maximum absolute atomic E-state index is 4.94. The minimum absolute atomic E-state index is 0.0521. The summed E-state index contributed by atoms with van der Waals surface area (Å²) in [6.45, 7) is 9.52. The molecule has 6 aromatic rings. The molecule has 0 saturated carbocycles. The summed E-state index contributed by atoms with van der Waals surface area (Å²) in [6, 6.07) is 41.7. The van der Waals surface area contributed by atoms with E-state index in [9.17, 15) is 0 Å². The summed E-state index contributed by atoms with van der Waals surface area (Å²) in [5.41, 5.74) is 12.9. The number of para-hydroxylation sites is 2. The fourth-order valence-corrected chi connectivity index (χ4v) is 8.82. The van der Waals surface area contributed by atoms with Gasteiger partial charge in [0.2, 0.25) is 0 Å². The summed E-state index contributed by atoms with van der Waals surface area (Å²) in [5, 5.41) is 2.58. The molecule has 49 heavy (non-hydrogen) atoms. The van der Waals surface area contributed by atoms with Crippen LogP contribution in [0.15, 0.2) is 157 Å². The Labute approximate surface area is 289 Å². The number of anilines is 1. The third kappa shape index (κ3) is 4.59. The third-order valence-corrected chi connectivity index (χ3v) is 11.2. The Morgan fingerprint density at radius 2 is 1.51 bits per heavy atom. The maximum atomic E-state index is 4.94. The molecule has 2 aromatic heterocycles. The molecule has 0 fully saturated rings. The van der Waals surface area contributed by atoms with E-state index >= 15 is 0 Å². The standard InChI is InChI=1S/C46H41N3/c1-31-28-34(22-23-35(31)32-21-24-43-39(29-32)38-17-9-11-19-42(38)48(43)33-14-6-5-7-15-33)49(44-20-12-13-27-47-44)46(4)26-25-37-36-16-8-10-18-40(36)45(2,3)41(37)30-46/h5-25,27,29-31H,26,28H2,1-4H3. The van der Waals surface area contributed by atoms with E-state index in [2.05, 4.69) is 171 Å². The van der Waals surface area contributed by atoms with E-state index in [1.54, 1.807) is 0 Å². The largest absolute Gasteiger partial charge is 0.320 e. The van der Waals surface area contributed by atoms with Crippen molar-refractivity contribution in [3.63, 3.8) is 0 Å². The van der Waals surface area contributed by atoms with Gasteiger partial charge in [0, 0.05) is 33.8 Å². The lowest BCUT2D eigenvalue weighted by molar-refractivity contribution is 0.513. The summed E-state index contributed by atoms with van der Waals surface area (Å²) in [7, 11) is 0. The molecule has 4 aromatic carbocycles. The lowest BCUT2D eigenvalue weighted by Gasteiger charge is -2.45. The Morgan fingerprint density at radius 1 is 0.755 bits per heavy atom. The van der Waals surface area contributed by atoms with Crippen molar-refractivity contribution >= 4 is 38.8 Å². The van der Waals surface area contributed by atoms with Crippen molar-refractivity contribution in [3.8, 4) is 5.69 Å². The number of fused-ring (bicyclic) bond motifs is 6. The van der Waals surface area contributed by atoms with E-state index in [1.165, 1.54) is 66.6 Å². The Morgan fingerprint density at radius 3 is 2.33 bits per heavy atom. The zero-order valence-corrected chi connectivity index (χ0v) is 28.7. The van der Waals surface area contributed by atoms with Gasteiger partial charge in [0.1, 0.15) is 5.82 Å². The van der Waals surface area contributed by atoms with Crippen LogP contribution in [0, 0.1) is 5.92 Å². The second-order valence-corrected chi connectivity index (χ2v) is 14.7. The van der Waals surface area contributed by atoms with Crippen molar-refractivity contribution in [3.05, 3.63) is 174 Å². The number of aromatic nitrogens is 2. The zero-order valence-electron chi connectivity index (χ0n) is 28.7. The number of benzene rings is 4. The van der Waals surface area contributed by atoms with Crippen LogP contribution in [0.3, 0.4) is 0 Å². The lowest BCUT2D eigenvalue weighted by Crippen LogP contribution is -2.47. The van der Waals surface area contributed by atoms with Gasteiger partial charge in [-0.3, -0.25) is 0 Å². The van der Waals surface area contributed by atoms with E-state index in [1.807, 2.05) is 12.3 Å². The van der Waals surface area contributed by atoms with Crippen LogP contribution in [-0.2, 0) is 5.41 Å². The molecular weight excluding hydrogens is 595 g/mol. The van der Waals surface area contributed by atoms with Gasteiger partial charge in [-0.2, -0.15) is 0 Å². The van der Waals surface area contributed by atoms with Gasteiger partial charge < -0.3 is 9.47 Å². The van der Waals surface area contributed by atoms with Crippen LogP contribution in [0.25, 0.3) is 38.6 Å². The van der Waals surface area contributed by atoms with E-state index in [-0.39, 0.29) is 11.0 Å². The molecule has 2 atom stereocenters. The minimum Gasteiger partial charge on any atom is -0.320 e. The number of rotatable bonds is 5. The van der Waals surface area contributed by atoms with Crippen LogP contribution >= 0.6 is 0 Å². The first-order chi connectivity index (χ1) is 23.8. The molecule has 3 aliphatic rings. The van der Waals surface area contributed by atoms with Crippen LogP contribution in [-0.4, -0.2) is 15.1 Å². The number of hydrogen-bond donors (Lipinski definition) is 0. The third-order valence-electron chi connectivity index (χ3n) is 11.2. The molecule has 0 aliphatic heterocycles.